The minimum atomic E-state index is -0.558. The van der Waals surface area contributed by atoms with Crippen molar-refractivity contribution < 1.29 is 14.4 Å². The number of nitrogens with two attached hydrogens (primary N) is 1. The van der Waals surface area contributed by atoms with Crippen LogP contribution < -0.4 is 11.1 Å². The van der Waals surface area contributed by atoms with Gasteiger partial charge in [-0.3, -0.25) is 24.6 Å². The highest BCUT2D eigenvalue weighted by Gasteiger charge is 2.50. The fourth-order valence-corrected chi connectivity index (χ4v) is 5.07. The minimum Gasteiger partial charge on any atom is -0.324 e. The lowest BCUT2D eigenvalue weighted by Gasteiger charge is -2.40. The highest BCUT2D eigenvalue weighted by Crippen LogP contribution is 2.42. The Morgan fingerprint density at radius 1 is 1.22 bits per heavy atom. The molecule has 27 heavy (non-hydrogen) atoms. The molecule has 1 aromatic carbocycles. The minimum absolute atomic E-state index is 0.00484. The number of carbonyl (C=O) groups excluding carboxylic acids is 3. The van der Waals surface area contributed by atoms with Gasteiger partial charge in [-0.2, -0.15) is 0 Å². The summed E-state index contributed by atoms with van der Waals surface area (Å²) in [5.41, 5.74) is 9.16. The van der Waals surface area contributed by atoms with Crippen molar-refractivity contribution in [2.45, 2.75) is 50.4 Å². The molecule has 1 unspecified atom stereocenters. The first kappa shape index (κ1) is 16.9. The van der Waals surface area contributed by atoms with Gasteiger partial charge in [-0.25, -0.2) is 0 Å². The molecular formula is C20H24N4O3. The zero-order chi connectivity index (χ0) is 18.8. The van der Waals surface area contributed by atoms with Crippen molar-refractivity contribution in [1.29, 1.82) is 0 Å². The average Bonchev–Trinajstić information content (AvgIpc) is 3.05. The maximum Gasteiger partial charge on any atom is 0.255 e. The Balaban J connectivity index is 1.31. The number of fused-ring (bicyclic) bond motifs is 2. The predicted octanol–water partition coefficient (Wildman–Crippen LogP) is 0.371. The molecule has 3 fully saturated rings. The van der Waals surface area contributed by atoms with Crippen LogP contribution in [-0.2, 0) is 22.7 Å². The molecule has 3 N–H and O–H groups in total. The van der Waals surface area contributed by atoms with Crippen LogP contribution in [0.25, 0.3) is 0 Å². The van der Waals surface area contributed by atoms with E-state index in [0.29, 0.717) is 24.4 Å². The number of nitrogens with zero attached hydrogens (tertiary/aromatic N) is 2. The van der Waals surface area contributed by atoms with Crippen LogP contribution in [0.4, 0.5) is 0 Å². The summed E-state index contributed by atoms with van der Waals surface area (Å²) in [5, 5.41) is 2.34. The van der Waals surface area contributed by atoms with Crippen LogP contribution in [0.15, 0.2) is 18.2 Å². The molecule has 1 aromatic rings. The molecule has 142 valence electrons. The fourth-order valence-electron chi connectivity index (χ4n) is 5.07. The van der Waals surface area contributed by atoms with Gasteiger partial charge >= 0.3 is 0 Å². The van der Waals surface area contributed by atoms with Crippen LogP contribution in [0.1, 0.15) is 47.2 Å². The molecule has 7 heteroatoms. The van der Waals surface area contributed by atoms with Crippen LogP contribution in [0.3, 0.4) is 0 Å². The standard InChI is InChI=1S/C20H24N4O3/c21-20-6-5-14(20)10-23(11-20)8-12-1-2-13-9-24(19(27)15(13)7-12)16-3-4-17(25)22-18(16)26/h1-2,7,14,16H,3-6,8-11,21H2,(H,22,25,26)/t14-,16?,20-/m0/s1. The third-order valence-corrected chi connectivity index (χ3v) is 6.77. The number of benzene rings is 1. The van der Waals surface area contributed by atoms with E-state index in [9.17, 15) is 14.4 Å². The summed E-state index contributed by atoms with van der Waals surface area (Å²) in [6, 6.07) is 5.48. The molecule has 1 saturated carbocycles. The van der Waals surface area contributed by atoms with E-state index in [2.05, 4.69) is 16.3 Å². The molecule has 0 bridgehead atoms. The number of hydrogen-bond donors (Lipinski definition) is 2. The zero-order valence-electron chi connectivity index (χ0n) is 15.2. The third-order valence-electron chi connectivity index (χ3n) is 6.77. The second-order valence-electron chi connectivity index (χ2n) is 8.53. The smallest absolute Gasteiger partial charge is 0.255 e. The first-order chi connectivity index (χ1) is 12.9. The lowest BCUT2D eigenvalue weighted by molar-refractivity contribution is -0.136. The summed E-state index contributed by atoms with van der Waals surface area (Å²) >= 11 is 0. The van der Waals surface area contributed by atoms with Gasteiger partial charge in [0.15, 0.2) is 0 Å². The van der Waals surface area contributed by atoms with Crippen LogP contribution in [0.2, 0.25) is 0 Å². The van der Waals surface area contributed by atoms with Crippen LogP contribution >= 0.6 is 0 Å². The number of nitrogens with one attached hydrogen (secondary N) is 1. The lowest BCUT2D eigenvalue weighted by Crippen LogP contribution is -2.54. The summed E-state index contributed by atoms with van der Waals surface area (Å²) in [7, 11) is 0. The van der Waals surface area contributed by atoms with E-state index >= 15 is 0 Å². The van der Waals surface area contributed by atoms with E-state index in [-0.39, 0.29) is 29.7 Å². The van der Waals surface area contributed by atoms with Crippen molar-refractivity contribution in [2.75, 3.05) is 13.1 Å². The van der Waals surface area contributed by atoms with Crippen molar-refractivity contribution in [3.8, 4) is 0 Å². The Hall–Kier alpha value is -2.25. The van der Waals surface area contributed by atoms with Crippen LogP contribution in [0.5, 0.6) is 0 Å². The first-order valence-corrected chi connectivity index (χ1v) is 9.71. The van der Waals surface area contributed by atoms with E-state index in [0.717, 1.165) is 37.2 Å². The number of carbonyl (C=O) groups is 3. The van der Waals surface area contributed by atoms with Gasteiger partial charge in [0, 0.05) is 43.7 Å². The fraction of sp³-hybridized carbons (Fsp3) is 0.550. The normalized spacial score (nSPS) is 32.9. The first-order valence-electron chi connectivity index (χ1n) is 9.71. The zero-order valence-corrected chi connectivity index (χ0v) is 15.2. The van der Waals surface area contributed by atoms with E-state index in [4.69, 9.17) is 5.73 Å². The van der Waals surface area contributed by atoms with Crippen LogP contribution in [0, 0.1) is 5.92 Å². The van der Waals surface area contributed by atoms with Gasteiger partial charge < -0.3 is 10.6 Å². The van der Waals surface area contributed by atoms with Crippen LogP contribution in [-0.4, -0.2) is 52.2 Å². The van der Waals surface area contributed by atoms with Gasteiger partial charge in [0.2, 0.25) is 11.8 Å². The van der Waals surface area contributed by atoms with Gasteiger partial charge in [-0.1, -0.05) is 12.1 Å². The van der Waals surface area contributed by atoms with E-state index in [1.165, 1.54) is 6.42 Å². The monoisotopic (exact) mass is 368 g/mol. The number of amides is 3. The number of rotatable bonds is 3. The molecule has 5 rings (SSSR count). The Morgan fingerprint density at radius 2 is 2.07 bits per heavy atom. The highest BCUT2D eigenvalue weighted by molar-refractivity contribution is 6.05. The number of hydrogen-bond acceptors (Lipinski definition) is 5. The molecule has 4 aliphatic rings. The number of likely N-dealkylation sites (tertiary alicyclic amines) is 1. The summed E-state index contributed by atoms with van der Waals surface area (Å²) in [5.74, 6) is -0.136. The van der Waals surface area contributed by atoms with E-state index in [1.54, 1.807) is 4.90 Å². The quantitative estimate of drug-likeness (QED) is 0.752. The maximum absolute atomic E-state index is 12.9. The molecule has 0 aromatic heterocycles. The van der Waals surface area contributed by atoms with Crippen molar-refractivity contribution in [1.82, 2.24) is 15.1 Å². The van der Waals surface area contributed by atoms with Gasteiger partial charge in [-0.05, 0) is 42.4 Å². The summed E-state index contributed by atoms with van der Waals surface area (Å²) in [6.07, 6.45) is 3.00. The predicted molar refractivity (Wildman–Crippen MR) is 97.4 cm³/mol. The van der Waals surface area contributed by atoms with Gasteiger partial charge in [-0.15, -0.1) is 0 Å². The molecule has 3 amide bonds. The molecule has 7 nitrogen and oxygen atoms in total. The summed E-state index contributed by atoms with van der Waals surface area (Å²) in [6.45, 7) is 3.18. The van der Waals surface area contributed by atoms with Crippen molar-refractivity contribution in [3.63, 3.8) is 0 Å². The Labute approximate surface area is 157 Å². The highest BCUT2D eigenvalue weighted by atomic mass is 16.2. The average molecular weight is 368 g/mol. The Kier molecular flexibility index (Phi) is 3.67. The Bertz CT molecular complexity index is 854. The molecule has 0 radical (unpaired) electrons. The lowest BCUT2D eigenvalue weighted by atomic mass is 9.70. The third kappa shape index (κ3) is 2.68. The summed E-state index contributed by atoms with van der Waals surface area (Å²) in [4.78, 5) is 40.4. The van der Waals surface area contributed by atoms with Crippen molar-refractivity contribution in [2.24, 2.45) is 11.7 Å². The second-order valence-corrected chi connectivity index (χ2v) is 8.53. The largest absolute Gasteiger partial charge is 0.324 e. The molecule has 3 aliphatic heterocycles. The van der Waals surface area contributed by atoms with Crippen molar-refractivity contribution in [3.05, 3.63) is 34.9 Å². The van der Waals surface area contributed by atoms with Gasteiger partial charge in [0.25, 0.3) is 5.91 Å². The summed E-state index contributed by atoms with van der Waals surface area (Å²) < 4.78 is 0. The second kappa shape index (κ2) is 5.87. The topological polar surface area (TPSA) is 95.7 Å². The molecule has 1 aliphatic carbocycles. The SMILES string of the molecule is N[C@]12CC[C@H]1CN(Cc1ccc3c(c1)C(=O)N(C1CCC(=O)NC1=O)C3)C2. The number of imide groups is 1. The molecule has 2 saturated heterocycles. The maximum atomic E-state index is 12.9. The molecule has 0 spiro atoms. The molecule has 3 heterocycles. The number of piperidine rings is 1. The van der Waals surface area contributed by atoms with Gasteiger partial charge in [0.05, 0.1) is 0 Å². The van der Waals surface area contributed by atoms with Gasteiger partial charge in [0.1, 0.15) is 6.04 Å². The molecule has 3 atom stereocenters. The molecular weight excluding hydrogens is 344 g/mol. The van der Waals surface area contributed by atoms with E-state index < -0.39 is 6.04 Å². The van der Waals surface area contributed by atoms with E-state index in [1.807, 2.05) is 12.1 Å². The van der Waals surface area contributed by atoms with Crippen molar-refractivity contribution >= 4 is 17.7 Å². The Morgan fingerprint density at radius 3 is 2.74 bits per heavy atom.